The number of phenolic OH excluding ortho intramolecular Hbond substituents is 1. The summed E-state index contributed by atoms with van der Waals surface area (Å²) in [7, 11) is 0. The van der Waals surface area contributed by atoms with E-state index in [0.717, 1.165) is 12.8 Å². The number of nitrogens with zero attached hydrogens (tertiary/aromatic N) is 2. The molecule has 1 amide bonds. The minimum atomic E-state index is -5.07. The predicted octanol–water partition coefficient (Wildman–Crippen LogP) is 3.43. The maximum atomic E-state index is 13.4. The summed E-state index contributed by atoms with van der Waals surface area (Å²) in [5.74, 6) is -1.67. The Morgan fingerprint density at radius 2 is 2.00 bits per heavy atom. The zero-order chi connectivity index (χ0) is 18.0. The number of phenols is 1. The molecule has 0 saturated carbocycles. The SMILES string of the molecule is CCCCCC1=NN(C(=O)c2ccccc2O)[C@@](O)(C(F)(F)F)C1. The van der Waals surface area contributed by atoms with Crippen LogP contribution in [0.25, 0.3) is 0 Å². The van der Waals surface area contributed by atoms with E-state index in [-0.39, 0.29) is 22.7 Å². The number of hydrazone groups is 1. The van der Waals surface area contributed by atoms with Crippen LogP contribution in [0.5, 0.6) is 5.75 Å². The quantitative estimate of drug-likeness (QED) is 0.804. The van der Waals surface area contributed by atoms with Gasteiger partial charge >= 0.3 is 6.18 Å². The van der Waals surface area contributed by atoms with E-state index in [4.69, 9.17) is 0 Å². The molecule has 2 rings (SSSR count). The summed E-state index contributed by atoms with van der Waals surface area (Å²) in [6.45, 7) is 1.95. The number of hydrogen-bond acceptors (Lipinski definition) is 4. The van der Waals surface area contributed by atoms with Crippen molar-refractivity contribution < 1.29 is 28.2 Å². The molecule has 0 aromatic heterocycles. The molecule has 8 heteroatoms. The number of amides is 1. The molecule has 1 aromatic rings. The van der Waals surface area contributed by atoms with Crippen molar-refractivity contribution in [2.45, 2.75) is 50.9 Å². The van der Waals surface area contributed by atoms with Gasteiger partial charge in [0.25, 0.3) is 11.6 Å². The number of aromatic hydroxyl groups is 1. The Labute approximate surface area is 137 Å². The van der Waals surface area contributed by atoms with Crippen molar-refractivity contribution in [1.82, 2.24) is 5.01 Å². The molecule has 1 atom stereocenters. The van der Waals surface area contributed by atoms with Crippen molar-refractivity contribution in [3.05, 3.63) is 29.8 Å². The van der Waals surface area contributed by atoms with Crippen LogP contribution in [0.4, 0.5) is 13.2 Å². The molecular weight excluding hydrogens is 325 g/mol. The van der Waals surface area contributed by atoms with E-state index in [9.17, 15) is 28.2 Å². The molecule has 0 bridgehead atoms. The molecule has 2 N–H and O–H groups in total. The van der Waals surface area contributed by atoms with Gasteiger partial charge in [-0.1, -0.05) is 31.9 Å². The average Bonchev–Trinajstić information content (AvgIpc) is 2.85. The molecule has 0 radical (unpaired) electrons. The van der Waals surface area contributed by atoms with Crippen LogP contribution in [0.1, 0.15) is 49.4 Å². The molecule has 0 saturated heterocycles. The smallest absolute Gasteiger partial charge is 0.438 e. The normalized spacial score (nSPS) is 21.0. The average molecular weight is 344 g/mol. The predicted molar refractivity (Wildman–Crippen MR) is 81.5 cm³/mol. The monoisotopic (exact) mass is 344 g/mol. The second-order valence-corrected chi connectivity index (χ2v) is 5.75. The van der Waals surface area contributed by atoms with Gasteiger partial charge in [-0.15, -0.1) is 0 Å². The number of halogens is 3. The van der Waals surface area contributed by atoms with E-state index < -0.39 is 30.0 Å². The van der Waals surface area contributed by atoms with Gasteiger partial charge in [-0.3, -0.25) is 4.79 Å². The van der Waals surface area contributed by atoms with Gasteiger partial charge in [0, 0.05) is 12.1 Å². The molecule has 24 heavy (non-hydrogen) atoms. The Bertz CT molecular complexity index is 646. The summed E-state index contributed by atoms with van der Waals surface area (Å²) < 4.78 is 40.1. The van der Waals surface area contributed by atoms with Crippen LogP contribution in [-0.2, 0) is 0 Å². The van der Waals surface area contributed by atoms with Gasteiger partial charge in [0.1, 0.15) is 5.75 Å². The van der Waals surface area contributed by atoms with Gasteiger partial charge in [0.05, 0.1) is 5.56 Å². The van der Waals surface area contributed by atoms with Crippen molar-refractivity contribution in [2.75, 3.05) is 0 Å². The second-order valence-electron chi connectivity index (χ2n) is 5.75. The third-order valence-electron chi connectivity index (χ3n) is 3.89. The lowest BCUT2D eigenvalue weighted by molar-refractivity contribution is -0.297. The number of aliphatic hydroxyl groups is 1. The van der Waals surface area contributed by atoms with E-state index in [2.05, 4.69) is 5.10 Å². The molecule has 1 aliphatic rings. The zero-order valence-electron chi connectivity index (χ0n) is 13.2. The van der Waals surface area contributed by atoms with Gasteiger partial charge in [0.2, 0.25) is 0 Å². The fourth-order valence-electron chi connectivity index (χ4n) is 2.54. The number of carbonyl (C=O) groups excluding carboxylic acids is 1. The minimum absolute atomic E-state index is 0.0450. The molecular formula is C16H19F3N2O3. The molecule has 1 aromatic carbocycles. The summed E-state index contributed by atoms with van der Waals surface area (Å²) in [5, 5.41) is 23.6. The van der Waals surface area contributed by atoms with Crippen molar-refractivity contribution >= 4 is 11.6 Å². The van der Waals surface area contributed by atoms with Crippen LogP contribution in [0.15, 0.2) is 29.4 Å². The van der Waals surface area contributed by atoms with E-state index in [1.54, 1.807) is 0 Å². The lowest BCUT2D eigenvalue weighted by Gasteiger charge is -2.32. The Hall–Kier alpha value is -2.09. The molecule has 0 fully saturated rings. The molecule has 0 spiro atoms. The highest BCUT2D eigenvalue weighted by Gasteiger charge is 2.63. The first kappa shape index (κ1) is 18.3. The maximum Gasteiger partial charge on any atom is 0.438 e. The maximum absolute atomic E-state index is 13.4. The number of benzene rings is 1. The van der Waals surface area contributed by atoms with Crippen molar-refractivity contribution in [1.29, 1.82) is 0 Å². The van der Waals surface area contributed by atoms with Gasteiger partial charge in [-0.05, 0) is 25.0 Å². The van der Waals surface area contributed by atoms with E-state index in [0.29, 0.717) is 6.42 Å². The Morgan fingerprint density at radius 3 is 2.58 bits per heavy atom. The van der Waals surface area contributed by atoms with Crippen molar-refractivity contribution in [3.63, 3.8) is 0 Å². The Balaban J connectivity index is 2.34. The second kappa shape index (κ2) is 6.80. The van der Waals surface area contributed by atoms with Crippen molar-refractivity contribution in [2.24, 2.45) is 5.10 Å². The number of rotatable bonds is 5. The van der Waals surface area contributed by atoms with Gasteiger partial charge < -0.3 is 10.2 Å². The lowest BCUT2D eigenvalue weighted by atomic mass is 10.0. The number of carbonyl (C=O) groups is 1. The van der Waals surface area contributed by atoms with Crippen molar-refractivity contribution in [3.8, 4) is 5.75 Å². The summed E-state index contributed by atoms with van der Waals surface area (Å²) >= 11 is 0. The van der Waals surface area contributed by atoms with E-state index in [1.165, 1.54) is 24.3 Å². The zero-order valence-corrected chi connectivity index (χ0v) is 13.2. The highest BCUT2D eigenvalue weighted by Crippen LogP contribution is 2.42. The number of unbranched alkanes of at least 4 members (excludes halogenated alkanes) is 2. The number of hydrogen-bond donors (Lipinski definition) is 2. The molecule has 5 nitrogen and oxygen atoms in total. The fraction of sp³-hybridized carbons (Fsp3) is 0.500. The Morgan fingerprint density at radius 1 is 1.33 bits per heavy atom. The molecule has 1 heterocycles. The third kappa shape index (κ3) is 3.38. The summed E-state index contributed by atoms with van der Waals surface area (Å²) in [6, 6.07) is 5.20. The van der Waals surface area contributed by atoms with Crippen LogP contribution in [0.3, 0.4) is 0 Å². The summed E-state index contributed by atoms with van der Waals surface area (Å²) in [6.07, 6.45) is -3.24. The molecule has 1 aliphatic heterocycles. The molecule has 0 aliphatic carbocycles. The first-order valence-corrected chi connectivity index (χ1v) is 7.68. The lowest BCUT2D eigenvalue weighted by Crippen LogP contribution is -2.56. The van der Waals surface area contributed by atoms with Crippen LogP contribution >= 0.6 is 0 Å². The van der Waals surface area contributed by atoms with Gasteiger partial charge in [0.15, 0.2) is 0 Å². The molecule has 132 valence electrons. The molecule has 0 unspecified atom stereocenters. The topological polar surface area (TPSA) is 73.1 Å². The minimum Gasteiger partial charge on any atom is -0.507 e. The Kier molecular flexibility index (Phi) is 5.17. The summed E-state index contributed by atoms with van der Waals surface area (Å²) in [4.78, 5) is 12.4. The van der Waals surface area contributed by atoms with Crippen LogP contribution in [0, 0.1) is 0 Å². The van der Waals surface area contributed by atoms with Crippen LogP contribution in [-0.4, -0.2) is 38.7 Å². The first-order valence-electron chi connectivity index (χ1n) is 7.68. The first-order chi connectivity index (χ1) is 11.2. The third-order valence-corrected chi connectivity index (χ3v) is 3.89. The van der Waals surface area contributed by atoms with Crippen LogP contribution in [0.2, 0.25) is 0 Å². The van der Waals surface area contributed by atoms with E-state index in [1.807, 2.05) is 6.92 Å². The summed E-state index contributed by atoms with van der Waals surface area (Å²) in [5.41, 5.74) is -3.63. The highest BCUT2D eigenvalue weighted by molar-refractivity contribution is 6.00. The van der Waals surface area contributed by atoms with Gasteiger partial charge in [-0.25, -0.2) is 0 Å². The fourth-order valence-corrected chi connectivity index (χ4v) is 2.54. The van der Waals surface area contributed by atoms with E-state index >= 15 is 0 Å². The standard InChI is InChI=1S/C16H19F3N2O3/c1-2-3-4-7-11-10-15(24,16(17,18)19)21(20-11)14(23)12-8-5-6-9-13(12)22/h5-6,8-9,22,24H,2-4,7,10H2,1H3/t15-/m0/s1. The van der Waals surface area contributed by atoms with Crippen LogP contribution < -0.4 is 0 Å². The van der Waals surface area contributed by atoms with Gasteiger partial charge in [-0.2, -0.15) is 23.3 Å². The highest BCUT2D eigenvalue weighted by atomic mass is 19.4. The number of para-hydroxylation sites is 1. The number of alkyl halides is 3. The largest absolute Gasteiger partial charge is 0.507 e.